The van der Waals surface area contributed by atoms with E-state index in [1.165, 1.54) is 4.70 Å². The van der Waals surface area contributed by atoms with Crippen molar-refractivity contribution < 1.29 is 5.11 Å². The minimum atomic E-state index is -0.414. The number of benzene rings is 1. The molecule has 1 unspecified atom stereocenters. The topological polar surface area (TPSA) is 36.4 Å². The molecule has 1 aromatic heterocycles. The maximum atomic E-state index is 10.6. The van der Waals surface area contributed by atoms with Crippen molar-refractivity contribution in [2.75, 3.05) is 13.1 Å². The van der Waals surface area contributed by atoms with E-state index in [2.05, 4.69) is 43.6 Å². The summed E-state index contributed by atoms with van der Waals surface area (Å²) in [6.45, 7) is 10.4. The summed E-state index contributed by atoms with van der Waals surface area (Å²) in [6.07, 6.45) is 0.200. The van der Waals surface area contributed by atoms with E-state index in [9.17, 15) is 5.11 Å². The van der Waals surface area contributed by atoms with Crippen LogP contribution in [-0.2, 0) is 6.42 Å². The van der Waals surface area contributed by atoms with Gasteiger partial charge < -0.3 is 5.11 Å². The molecule has 1 atom stereocenters. The third-order valence-corrected chi connectivity index (χ3v) is 5.16. The van der Waals surface area contributed by atoms with E-state index in [-0.39, 0.29) is 5.54 Å². The number of fused-ring (bicyclic) bond motifs is 1. The SMILES string of the molecule is CCN(CC)C(C)(C)C(O)Cc1nc2ccccc2s1. The maximum absolute atomic E-state index is 10.6. The van der Waals surface area contributed by atoms with Crippen molar-refractivity contribution >= 4 is 21.6 Å². The second-order valence-corrected chi connectivity index (χ2v) is 6.74. The van der Waals surface area contributed by atoms with E-state index in [1.54, 1.807) is 11.3 Å². The molecule has 0 fully saturated rings. The summed E-state index contributed by atoms with van der Waals surface area (Å²) in [6, 6.07) is 8.14. The van der Waals surface area contributed by atoms with Gasteiger partial charge in [0.1, 0.15) is 0 Å². The Bertz CT molecular complexity index is 527. The van der Waals surface area contributed by atoms with Gasteiger partial charge in [-0.05, 0) is 39.1 Å². The summed E-state index contributed by atoms with van der Waals surface area (Å²) in [7, 11) is 0. The fraction of sp³-hybridized carbons (Fsp3) is 0.562. The number of aliphatic hydroxyl groups excluding tert-OH is 1. The molecule has 0 amide bonds. The van der Waals surface area contributed by atoms with Crippen molar-refractivity contribution in [2.24, 2.45) is 0 Å². The number of likely N-dealkylation sites (N-methyl/N-ethyl adjacent to an activating group) is 1. The number of nitrogens with zero attached hydrogens (tertiary/aromatic N) is 2. The maximum Gasteiger partial charge on any atom is 0.0965 e. The molecule has 4 heteroatoms. The quantitative estimate of drug-likeness (QED) is 0.887. The Kier molecular flexibility index (Phi) is 4.78. The van der Waals surface area contributed by atoms with Gasteiger partial charge in [0, 0.05) is 12.0 Å². The van der Waals surface area contributed by atoms with Gasteiger partial charge in [-0.25, -0.2) is 4.98 Å². The molecule has 2 rings (SSSR count). The molecule has 0 aliphatic carbocycles. The Labute approximate surface area is 125 Å². The van der Waals surface area contributed by atoms with Crippen LogP contribution < -0.4 is 0 Å². The van der Waals surface area contributed by atoms with Crippen LogP contribution in [0.25, 0.3) is 10.2 Å². The zero-order valence-corrected chi connectivity index (χ0v) is 13.6. The Balaban J connectivity index is 2.16. The summed E-state index contributed by atoms with van der Waals surface area (Å²) >= 11 is 1.68. The van der Waals surface area contributed by atoms with E-state index in [0.29, 0.717) is 6.42 Å². The molecule has 0 aliphatic rings. The average Bonchev–Trinajstić information content (AvgIpc) is 2.81. The molecule has 0 bridgehead atoms. The number of para-hydroxylation sites is 1. The van der Waals surface area contributed by atoms with Crippen LogP contribution in [0.1, 0.15) is 32.7 Å². The first-order valence-corrected chi connectivity index (χ1v) is 8.08. The van der Waals surface area contributed by atoms with Crippen molar-refractivity contribution in [1.29, 1.82) is 0 Å². The van der Waals surface area contributed by atoms with Gasteiger partial charge in [-0.15, -0.1) is 11.3 Å². The molecule has 0 saturated heterocycles. The van der Waals surface area contributed by atoms with E-state index in [0.717, 1.165) is 23.6 Å². The lowest BCUT2D eigenvalue weighted by Crippen LogP contribution is -2.53. The van der Waals surface area contributed by atoms with Crippen LogP contribution in [0.3, 0.4) is 0 Å². The molecule has 20 heavy (non-hydrogen) atoms. The fourth-order valence-corrected chi connectivity index (χ4v) is 3.68. The van der Waals surface area contributed by atoms with Crippen LogP contribution in [0.4, 0.5) is 0 Å². The zero-order chi connectivity index (χ0) is 14.8. The standard InChI is InChI=1S/C16H24N2OS/c1-5-18(6-2)16(3,4)14(19)11-15-17-12-9-7-8-10-13(12)20-15/h7-10,14,19H,5-6,11H2,1-4H3. The normalized spacial score (nSPS) is 14.1. The molecular formula is C16H24N2OS. The molecule has 1 heterocycles. The first-order valence-electron chi connectivity index (χ1n) is 7.26. The Morgan fingerprint density at radius 1 is 1.25 bits per heavy atom. The molecule has 0 spiro atoms. The number of hydrogen-bond donors (Lipinski definition) is 1. The highest BCUT2D eigenvalue weighted by atomic mass is 32.1. The minimum absolute atomic E-state index is 0.235. The largest absolute Gasteiger partial charge is 0.391 e. The van der Waals surface area contributed by atoms with Crippen LogP contribution >= 0.6 is 11.3 Å². The molecule has 1 N–H and O–H groups in total. The van der Waals surface area contributed by atoms with Gasteiger partial charge in [0.05, 0.1) is 21.3 Å². The number of hydrogen-bond acceptors (Lipinski definition) is 4. The predicted octanol–water partition coefficient (Wildman–Crippen LogP) is 3.32. The summed E-state index contributed by atoms with van der Waals surface area (Å²) in [5, 5.41) is 11.6. The van der Waals surface area contributed by atoms with Crippen LogP contribution in [0.2, 0.25) is 0 Å². The number of rotatable bonds is 6. The van der Waals surface area contributed by atoms with Crippen LogP contribution in [0.5, 0.6) is 0 Å². The third-order valence-electron chi connectivity index (χ3n) is 4.10. The summed E-state index contributed by atoms with van der Waals surface area (Å²) in [5.41, 5.74) is 0.793. The van der Waals surface area contributed by atoms with E-state index in [1.807, 2.05) is 18.2 Å². The average molecular weight is 292 g/mol. The third kappa shape index (κ3) is 3.03. The van der Waals surface area contributed by atoms with Crippen molar-refractivity contribution in [3.05, 3.63) is 29.3 Å². The molecular weight excluding hydrogens is 268 g/mol. The van der Waals surface area contributed by atoms with Crippen molar-refractivity contribution in [1.82, 2.24) is 9.88 Å². The first kappa shape index (κ1) is 15.4. The molecule has 2 aromatic rings. The smallest absolute Gasteiger partial charge is 0.0965 e. The highest BCUT2D eigenvalue weighted by molar-refractivity contribution is 7.18. The predicted molar refractivity (Wildman–Crippen MR) is 86.3 cm³/mol. The molecule has 3 nitrogen and oxygen atoms in total. The molecule has 0 saturated carbocycles. The van der Waals surface area contributed by atoms with E-state index in [4.69, 9.17) is 0 Å². The lowest BCUT2D eigenvalue weighted by atomic mass is 9.92. The Hall–Kier alpha value is -0.970. The highest BCUT2D eigenvalue weighted by Crippen LogP contribution is 2.26. The zero-order valence-electron chi connectivity index (χ0n) is 12.8. The minimum Gasteiger partial charge on any atom is -0.391 e. The number of aromatic nitrogens is 1. The van der Waals surface area contributed by atoms with Crippen molar-refractivity contribution in [2.45, 2.75) is 45.8 Å². The fourth-order valence-electron chi connectivity index (χ4n) is 2.67. The van der Waals surface area contributed by atoms with Crippen LogP contribution in [0.15, 0.2) is 24.3 Å². The van der Waals surface area contributed by atoms with E-state index < -0.39 is 6.10 Å². The van der Waals surface area contributed by atoms with E-state index >= 15 is 0 Å². The van der Waals surface area contributed by atoms with Gasteiger partial charge in [0.2, 0.25) is 0 Å². The molecule has 110 valence electrons. The van der Waals surface area contributed by atoms with Gasteiger partial charge in [-0.3, -0.25) is 4.90 Å². The summed E-state index contributed by atoms with van der Waals surface area (Å²) in [4.78, 5) is 6.91. The van der Waals surface area contributed by atoms with Crippen LogP contribution in [-0.4, -0.2) is 39.7 Å². The summed E-state index contributed by atoms with van der Waals surface area (Å²) < 4.78 is 1.19. The van der Waals surface area contributed by atoms with Gasteiger partial charge in [0.15, 0.2) is 0 Å². The summed E-state index contributed by atoms with van der Waals surface area (Å²) in [5.74, 6) is 0. The molecule has 0 radical (unpaired) electrons. The monoisotopic (exact) mass is 292 g/mol. The number of thiazole rings is 1. The second kappa shape index (κ2) is 6.20. The van der Waals surface area contributed by atoms with Crippen molar-refractivity contribution in [3.8, 4) is 0 Å². The first-order chi connectivity index (χ1) is 9.48. The van der Waals surface area contributed by atoms with Gasteiger partial charge in [-0.1, -0.05) is 26.0 Å². The number of aliphatic hydroxyl groups is 1. The van der Waals surface area contributed by atoms with Gasteiger partial charge in [-0.2, -0.15) is 0 Å². The molecule has 1 aromatic carbocycles. The van der Waals surface area contributed by atoms with Crippen molar-refractivity contribution in [3.63, 3.8) is 0 Å². The van der Waals surface area contributed by atoms with Gasteiger partial charge >= 0.3 is 0 Å². The molecule has 0 aliphatic heterocycles. The van der Waals surface area contributed by atoms with Crippen LogP contribution in [0, 0.1) is 0 Å². The Morgan fingerprint density at radius 3 is 2.50 bits per heavy atom. The second-order valence-electron chi connectivity index (χ2n) is 5.62. The lowest BCUT2D eigenvalue weighted by molar-refractivity contribution is -0.00414. The highest BCUT2D eigenvalue weighted by Gasteiger charge is 2.33. The Morgan fingerprint density at radius 2 is 1.90 bits per heavy atom. The van der Waals surface area contributed by atoms with Gasteiger partial charge in [0.25, 0.3) is 0 Å². The lowest BCUT2D eigenvalue weighted by Gasteiger charge is -2.40.